The lowest BCUT2D eigenvalue weighted by atomic mass is 10.0. The average Bonchev–Trinajstić information content (AvgIpc) is 1.86. The second-order valence-corrected chi connectivity index (χ2v) is 3.06. The maximum absolute atomic E-state index is 12.6. The lowest BCUT2D eigenvalue weighted by Gasteiger charge is -2.19. The molecule has 2 N–H and O–H groups in total. The van der Waals surface area contributed by atoms with Crippen molar-refractivity contribution in [3.05, 3.63) is 0 Å². The first kappa shape index (κ1) is 10.8. The van der Waals surface area contributed by atoms with Crippen molar-refractivity contribution in [3.8, 4) is 0 Å². The van der Waals surface area contributed by atoms with Gasteiger partial charge in [-0.2, -0.15) is 0 Å². The molecule has 0 radical (unpaired) electrons. The maximum atomic E-state index is 12.6. The van der Waals surface area contributed by atoms with E-state index in [1.54, 1.807) is 13.8 Å². The van der Waals surface area contributed by atoms with Crippen molar-refractivity contribution in [1.82, 2.24) is 0 Å². The van der Waals surface area contributed by atoms with Gasteiger partial charge in [0.1, 0.15) is 0 Å². The molecule has 1 nitrogen and oxygen atoms in total. The third kappa shape index (κ3) is 3.60. The van der Waals surface area contributed by atoms with E-state index in [2.05, 4.69) is 0 Å². The van der Waals surface area contributed by atoms with E-state index >= 15 is 0 Å². The summed E-state index contributed by atoms with van der Waals surface area (Å²) >= 11 is 0. The van der Waals surface area contributed by atoms with Crippen LogP contribution in [-0.2, 0) is 0 Å². The molecule has 0 aromatic rings. The minimum absolute atomic E-state index is 0.0672. The van der Waals surface area contributed by atoms with Gasteiger partial charge in [-0.25, -0.2) is 13.2 Å². The third-order valence-electron chi connectivity index (χ3n) is 1.41. The monoisotopic (exact) mass is 169 g/mol. The maximum Gasteiger partial charge on any atom is 0.290 e. The van der Waals surface area contributed by atoms with Gasteiger partial charge in [-0.05, 0) is 12.3 Å². The Balaban J connectivity index is 3.90. The van der Waals surface area contributed by atoms with E-state index in [0.717, 1.165) is 0 Å². The predicted molar refractivity (Wildman–Crippen MR) is 38.4 cm³/mol. The summed E-state index contributed by atoms with van der Waals surface area (Å²) in [5.41, 5.74) is 4.69. The van der Waals surface area contributed by atoms with E-state index < -0.39 is 18.6 Å². The van der Waals surface area contributed by atoms with Crippen LogP contribution in [0.1, 0.15) is 20.3 Å². The molecule has 0 heterocycles. The topological polar surface area (TPSA) is 26.0 Å². The summed E-state index contributed by atoms with van der Waals surface area (Å²) < 4.78 is 37.4. The smallest absolute Gasteiger partial charge is 0.290 e. The highest BCUT2D eigenvalue weighted by Crippen LogP contribution is 2.25. The van der Waals surface area contributed by atoms with Gasteiger partial charge in [0.15, 0.2) is 6.17 Å². The molecule has 11 heavy (non-hydrogen) atoms. The molecule has 1 unspecified atom stereocenters. The van der Waals surface area contributed by atoms with Crippen LogP contribution in [0.15, 0.2) is 0 Å². The number of halogens is 3. The Labute approximate surface area is 64.8 Å². The van der Waals surface area contributed by atoms with Gasteiger partial charge in [0, 0.05) is 0 Å². The van der Waals surface area contributed by atoms with Crippen LogP contribution < -0.4 is 5.73 Å². The summed E-state index contributed by atoms with van der Waals surface area (Å²) in [4.78, 5) is 0. The molecule has 0 saturated heterocycles. The van der Waals surface area contributed by atoms with Crippen molar-refractivity contribution in [3.63, 3.8) is 0 Å². The van der Waals surface area contributed by atoms with E-state index in [1.165, 1.54) is 0 Å². The number of hydrogen-bond acceptors (Lipinski definition) is 1. The first-order valence-corrected chi connectivity index (χ1v) is 3.62. The van der Waals surface area contributed by atoms with E-state index in [-0.39, 0.29) is 12.3 Å². The van der Waals surface area contributed by atoms with Gasteiger partial charge < -0.3 is 5.73 Å². The Morgan fingerprint density at radius 1 is 1.36 bits per heavy atom. The van der Waals surface area contributed by atoms with Crippen LogP contribution in [0.2, 0.25) is 0 Å². The molecule has 0 aliphatic carbocycles. The molecule has 0 rings (SSSR count). The lowest BCUT2D eigenvalue weighted by Crippen LogP contribution is -2.38. The second-order valence-electron chi connectivity index (χ2n) is 3.06. The van der Waals surface area contributed by atoms with Gasteiger partial charge in [0.2, 0.25) is 0 Å². The fourth-order valence-corrected chi connectivity index (χ4v) is 0.714. The third-order valence-corrected chi connectivity index (χ3v) is 1.41. The quantitative estimate of drug-likeness (QED) is 0.684. The highest BCUT2D eigenvalue weighted by molar-refractivity contribution is 4.78. The summed E-state index contributed by atoms with van der Waals surface area (Å²) in [6.07, 6.45) is -2.24. The highest BCUT2D eigenvalue weighted by Gasteiger charge is 2.38. The largest absolute Gasteiger partial charge is 0.325 e. The molecule has 0 bridgehead atoms. The van der Waals surface area contributed by atoms with Crippen LogP contribution in [0.5, 0.6) is 0 Å². The van der Waals surface area contributed by atoms with Gasteiger partial charge in [0.05, 0.1) is 6.54 Å². The van der Waals surface area contributed by atoms with Gasteiger partial charge in [-0.1, -0.05) is 13.8 Å². The first-order valence-electron chi connectivity index (χ1n) is 3.62. The fourth-order valence-electron chi connectivity index (χ4n) is 0.714. The van der Waals surface area contributed by atoms with Crippen LogP contribution in [0.3, 0.4) is 0 Å². The van der Waals surface area contributed by atoms with Gasteiger partial charge in [-0.3, -0.25) is 0 Å². The van der Waals surface area contributed by atoms with Gasteiger partial charge in [-0.15, -0.1) is 0 Å². The molecule has 0 amide bonds. The molecule has 1 atom stereocenters. The molecule has 68 valence electrons. The highest BCUT2D eigenvalue weighted by atomic mass is 19.3. The molecule has 0 aliphatic rings. The zero-order chi connectivity index (χ0) is 9.07. The second kappa shape index (κ2) is 3.95. The van der Waals surface area contributed by atoms with E-state index in [0.29, 0.717) is 0 Å². The van der Waals surface area contributed by atoms with Crippen LogP contribution in [0.25, 0.3) is 0 Å². The first-order chi connectivity index (χ1) is 4.90. The van der Waals surface area contributed by atoms with Crippen LogP contribution in [0.4, 0.5) is 13.2 Å². The summed E-state index contributed by atoms with van der Waals surface area (Å²) in [7, 11) is 0. The lowest BCUT2D eigenvalue weighted by molar-refractivity contribution is -0.0699. The van der Waals surface area contributed by atoms with Crippen LogP contribution in [-0.4, -0.2) is 18.6 Å². The molecule has 0 saturated carbocycles. The molecular formula is C7H14F3N. The van der Waals surface area contributed by atoms with Crippen molar-refractivity contribution in [1.29, 1.82) is 0 Å². The van der Waals surface area contributed by atoms with Crippen molar-refractivity contribution >= 4 is 0 Å². The minimum atomic E-state index is -3.36. The summed E-state index contributed by atoms with van der Waals surface area (Å²) in [6, 6.07) is 0. The number of hydrogen-bond donors (Lipinski definition) is 1. The molecule has 4 heteroatoms. The standard InChI is InChI=1S/C7H14F3N/c1-5(2)3-6(8)7(9,10)4-11/h5-6H,3-4,11H2,1-2H3. The molecule has 0 aromatic carbocycles. The Hall–Kier alpha value is -0.250. The summed E-state index contributed by atoms with van der Waals surface area (Å²) in [5.74, 6) is -3.42. The summed E-state index contributed by atoms with van der Waals surface area (Å²) in [6.45, 7) is 2.47. The van der Waals surface area contributed by atoms with Gasteiger partial charge >= 0.3 is 0 Å². The average molecular weight is 169 g/mol. The molecule has 0 aliphatic heterocycles. The van der Waals surface area contributed by atoms with Crippen LogP contribution in [0, 0.1) is 5.92 Å². The van der Waals surface area contributed by atoms with Crippen LogP contribution >= 0.6 is 0 Å². The predicted octanol–water partition coefficient (Wildman–Crippen LogP) is 1.96. The molecular weight excluding hydrogens is 155 g/mol. The van der Waals surface area contributed by atoms with Crippen molar-refractivity contribution in [2.45, 2.75) is 32.4 Å². The Kier molecular flexibility index (Phi) is 3.86. The summed E-state index contributed by atoms with van der Waals surface area (Å²) in [5, 5.41) is 0. The number of nitrogens with two attached hydrogens (primary N) is 1. The van der Waals surface area contributed by atoms with Gasteiger partial charge in [0.25, 0.3) is 5.92 Å². The molecule has 0 spiro atoms. The van der Waals surface area contributed by atoms with Crippen molar-refractivity contribution in [2.24, 2.45) is 11.7 Å². The Morgan fingerprint density at radius 2 is 1.82 bits per heavy atom. The Bertz CT molecular complexity index is 114. The SMILES string of the molecule is CC(C)CC(F)C(F)(F)CN. The van der Waals surface area contributed by atoms with Crippen molar-refractivity contribution < 1.29 is 13.2 Å². The minimum Gasteiger partial charge on any atom is -0.325 e. The van der Waals surface area contributed by atoms with Crippen molar-refractivity contribution in [2.75, 3.05) is 6.54 Å². The van der Waals surface area contributed by atoms with E-state index in [1.807, 2.05) is 0 Å². The molecule has 0 fully saturated rings. The van der Waals surface area contributed by atoms with E-state index in [4.69, 9.17) is 5.73 Å². The number of alkyl halides is 3. The number of rotatable bonds is 4. The van der Waals surface area contributed by atoms with E-state index in [9.17, 15) is 13.2 Å². The zero-order valence-corrected chi connectivity index (χ0v) is 6.78. The fraction of sp³-hybridized carbons (Fsp3) is 1.00. The normalized spacial score (nSPS) is 15.5. The zero-order valence-electron chi connectivity index (χ0n) is 6.78. The Morgan fingerprint density at radius 3 is 2.09 bits per heavy atom. The molecule has 0 aromatic heterocycles.